The van der Waals surface area contributed by atoms with E-state index in [1.54, 1.807) is 34.6 Å². The van der Waals surface area contributed by atoms with Crippen molar-refractivity contribution < 1.29 is 73.2 Å². The first kappa shape index (κ1) is 50.3. The number of rotatable bonds is 25. The summed E-state index contributed by atoms with van der Waals surface area (Å²) in [6.45, 7) is 8.24. The molecule has 326 valence electrons. The number of hydrogen-bond acceptors (Lipinski definition) is 12. The van der Waals surface area contributed by atoms with Crippen LogP contribution in [0.4, 0.5) is 0 Å². The van der Waals surface area contributed by atoms with Gasteiger partial charge in [0.2, 0.25) is 41.2 Å². The Morgan fingerprint density at radius 2 is 1.16 bits per heavy atom. The predicted octanol–water partition coefficient (Wildman–Crippen LogP) is -2.61. The minimum atomic E-state index is -1.76. The number of likely N-dealkylation sites (tertiary alicyclic amines) is 1. The van der Waals surface area contributed by atoms with Crippen molar-refractivity contribution in [2.75, 3.05) is 13.2 Å². The molecule has 10 N–H and O–H groups in total. The lowest BCUT2D eigenvalue weighted by molar-refractivity contribution is -0.146. The van der Waals surface area contributed by atoms with E-state index in [4.69, 9.17) is 10.2 Å². The van der Waals surface area contributed by atoms with Crippen LogP contribution in [-0.4, -0.2) is 146 Å². The highest BCUT2D eigenvalue weighted by Crippen LogP contribution is 2.21. The van der Waals surface area contributed by atoms with Crippen LogP contribution in [0.25, 0.3) is 0 Å². The summed E-state index contributed by atoms with van der Waals surface area (Å²) in [7, 11) is 0. The Bertz CT molecular complexity index is 1550. The molecule has 0 bridgehead atoms. The van der Waals surface area contributed by atoms with Crippen LogP contribution in [0.5, 0.6) is 0 Å². The second-order valence-corrected chi connectivity index (χ2v) is 14.6. The van der Waals surface area contributed by atoms with E-state index < -0.39 is 145 Å². The number of carboxylic acids is 3. The van der Waals surface area contributed by atoms with Crippen LogP contribution in [0.1, 0.15) is 92.9 Å². The maximum absolute atomic E-state index is 14.0. The van der Waals surface area contributed by atoms with E-state index in [0.717, 1.165) is 6.92 Å². The van der Waals surface area contributed by atoms with Gasteiger partial charge in [0.1, 0.15) is 30.2 Å². The first-order valence-electron chi connectivity index (χ1n) is 19.0. The summed E-state index contributed by atoms with van der Waals surface area (Å²) in [6.07, 6.45) is -1.06. The molecule has 1 aliphatic rings. The van der Waals surface area contributed by atoms with Crippen LogP contribution >= 0.6 is 0 Å². The Morgan fingerprint density at radius 3 is 1.62 bits per heavy atom. The number of aliphatic hydroxyl groups is 1. The molecule has 0 radical (unpaired) electrons. The molecule has 0 aliphatic carbocycles. The van der Waals surface area contributed by atoms with Crippen molar-refractivity contribution >= 4 is 65.0 Å². The van der Waals surface area contributed by atoms with Crippen molar-refractivity contribution in [3.8, 4) is 0 Å². The molecule has 1 rings (SSSR count). The zero-order chi connectivity index (χ0) is 44.4. The maximum Gasteiger partial charge on any atom is 0.328 e. The zero-order valence-electron chi connectivity index (χ0n) is 33.5. The third-order valence-corrected chi connectivity index (χ3v) is 9.16. The second kappa shape index (κ2) is 24.2. The van der Waals surface area contributed by atoms with E-state index in [0.29, 0.717) is 12.8 Å². The van der Waals surface area contributed by atoms with Crippen LogP contribution in [0, 0.1) is 11.8 Å². The summed E-state index contributed by atoms with van der Waals surface area (Å²) in [5, 5.41) is 50.8. The van der Waals surface area contributed by atoms with Gasteiger partial charge in [0.25, 0.3) is 5.91 Å². The fourth-order valence-electron chi connectivity index (χ4n) is 6.02. The largest absolute Gasteiger partial charge is 0.481 e. The van der Waals surface area contributed by atoms with Crippen LogP contribution in [-0.2, 0) is 52.7 Å². The fourth-order valence-corrected chi connectivity index (χ4v) is 6.02. The van der Waals surface area contributed by atoms with E-state index in [9.17, 15) is 63.0 Å². The highest BCUT2D eigenvalue weighted by Gasteiger charge is 2.41. The molecule has 0 aromatic carbocycles. The van der Waals surface area contributed by atoms with Gasteiger partial charge in [0, 0.05) is 26.3 Å². The van der Waals surface area contributed by atoms with Crippen molar-refractivity contribution in [2.24, 2.45) is 11.8 Å². The van der Waals surface area contributed by atoms with E-state index in [2.05, 4.69) is 26.6 Å². The highest BCUT2D eigenvalue weighted by atomic mass is 16.4. The van der Waals surface area contributed by atoms with Crippen LogP contribution in [0.2, 0.25) is 0 Å². The smallest absolute Gasteiger partial charge is 0.328 e. The van der Waals surface area contributed by atoms with Crippen LogP contribution in [0.3, 0.4) is 0 Å². The summed E-state index contributed by atoms with van der Waals surface area (Å²) >= 11 is 0. The Kier molecular flexibility index (Phi) is 21.0. The Labute approximate surface area is 335 Å². The van der Waals surface area contributed by atoms with Gasteiger partial charge in [-0.25, -0.2) is 4.79 Å². The molecule has 0 saturated carbocycles. The maximum atomic E-state index is 14.0. The van der Waals surface area contributed by atoms with Crippen molar-refractivity contribution in [3.63, 3.8) is 0 Å². The van der Waals surface area contributed by atoms with E-state index in [-0.39, 0.29) is 25.8 Å². The number of carbonyl (C=O) groups excluding carboxylic acids is 8. The molecule has 0 spiro atoms. The van der Waals surface area contributed by atoms with Gasteiger partial charge < -0.3 is 57.2 Å². The van der Waals surface area contributed by atoms with E-state index in [1.807, 2.05) is 5.32 Å². The number of hydrogen-bond donors (Lipinski definition) is 10. The molecule has 58 heavy (non-hydrogen) atoms. The van der Waals surface area contributed by atoms with Crippen molar-refractivity contribution in [3.05, 3.63) is 0 Å². The number of Topliss-reactive ketones (excluding diaryl/α,β-unsaturated/α-hetero) is 1. The minimum absolute atomic E-state index is 0.00996. The Hall–Kier alpha value is -5.67. The SMILES string of the molecule is CCC[C@H](NC(=O)[C@@H]1CCCN1C(=O)[C@@H](NC(=O)[C@@H](NC(=O)[C@H](CCC(=O)O)NC(=O)[C@H](CCC(=O)O)NC(C)=O)C(C)C)C(C)C)C(=O)C(=O)N[C@@H](CO)C(=O)O. The Balaban J connectivity index is 3.24. The lowest BCUT2D eigenvalue weighted by Gasteiger charge is -2.33. The molecule has 0 unspecified atom stereocenters. The average molecular weight is 828 g/mol. The first-order chi connectivity index (χ1) is 27.0. The molecule has 7 amide bonds. The predicted molar refractivity (Wildman–Crippen MR) is 200 cm³/mol. The summed E-state index contributed by atoms with van der Waals surface area (Å²) < 4.78 is 0. The molecule has 22 heteroatoms. The summed E-state index contributed by atoms with van der Waals surface area (Å²) in [6, 6.07) is -9.79. The molecule has 1 heterocycles. The molecule has 22 nitrogen and oxygen atoms in total. The number of nitrogens with one attached hydrogen (secondary N) is 6. The summed E-state index contributed by atoms with van der Waals surface area (Å²) in [4.78, 5) is 140. The molecular weight excluding hydrogens is 770 g/mol. The molecule has 0 aromatic rings. The number of aliphatic carboxylic acids is 3. The normalized spacial score (nSPS) is 16.8. The van der Waals surface area contributed by atoms with Crippen molar-refractivity contribution in [1.82, 2.24) is 36.8 Å². The lowest BCUT2D eigenvalue weighted by Crippen LogP contribution is -2.61. The summed E-state index contributed by atoms with van der Waals surface area (Å²) in [5.41, 5.74) is 0. The highest BCUT2D eigenvalue weighted by molar-refractivity contribution is 6.38. The van der Waals surface area contributed by atoms with Crippen LogP contribution < -0.4 is 31.9 Å². The molecule has 0 aromatic heterocycles. The average Bonchev–Trinajstić information content (AvgIpc) is 3.63. The number of nitrogens with zero attached hydrogens (tertiary/aromatic N) is 1. The van der Waals surface area contributed by atoms with Gasteiger partial charge in [-0.2, -0.15) is 0 Å². The monoisotopic (exact) mass is 827 g/mol. The van der Waals surface area contributed by atoms with Gasteiger partial charge in [0.15, 0.2) is 6.04 Å². The number of aliphatic hydroxyl groups excluding tert-OH is 1. The molecule has 1 aliphatic heterocycles. The number of carboxylic acid groups (broad SMARTS) is 3. The third-order valence-electron chi connectivity index (χ3n) is 9.16. The van der Waals surface area contributed by atoms with Crippen molar-refractivity contribution in [1.29, 1.82) is 0 Å². The van der Waals surface area contributed by atoms with Gasteiger partial charge >= 0.3 is 17.9 Å². The van der Waals surface area contributed by atoms with Gasteiger partial charge in [-0.1, -0.05) is 41.0 Å². The molecule has 7 atom stereocenters. The van der Waals surface area contributed by atoms with Gasteiger partial charge in [0.05, 0.1) is 12.6 Å². The van der Waals surface area contributed by atoms with Gasteiger partial charge in [-0.05, 0) is 43.9 Å². The molecule has 1 saturated heterocycles. The first-order valence-corrected chi connectivity index (χ1v) is 19.0. The van der Waals surface area contributed by atoms with E-state index >= 15 is 0 Å². The Morgan fingerprint density at radius 1 is 0.638 bits per heavy atom. The minimum Gasteiger partial charge on any atom is -0.481 e. The van der Waals surface area contributed by atoms with Gasteiger partial charge in [-0.3, -0.25) is 47.9 Å². The topological polar surface area (TPSA) is 344 Å². The van der Waals surface area contributed by atoms with Gasteiger partial charge in [-0.15, -0.1) is 0 Å². The standard InChI is InChI=1S/C36H57N7O15/c1-7-9-20(29(50)34(55)40-23(16-44)36(57)58)38-32(53)24-10-8-15-43(24)35(56)28(18(4)5)42-33(54)27(17(2)3)41-31(52)22(12-14-26(48)49)39-30(51)21(37-19(6)45)11-13-25(46)47/h17-18,20-24,27-28,44H,7-16H2,1-6H3,(H,37,45)(H,38,53)(H,39,51)(H,40,55)(H,41,52)(H,42,54)(H,46,47)(H,48,49)(H,57,58)/t20-,21-,22-,23-,24-,27-,28-/m0/s1. The number of ketones is 1. The third kappa shape index (κ3) is 16.1. The lowest BCUT2D eigenvalue weighted by atomic mass is 9.98. The number of carbonyl (C=O) groups is 11. The molecule has 1 fully saturated rings. The number of amides is 7. The quantitative estimate of drug-likeness (QED) is 0.0422. The van der Waals surface area contributed by atoms with Crippen LogP contribution in [0.15, 0.2) is 0 Å². The molecular formula is C36H57N7O15. The fraction of sp³-hybridized carbons (Fsp3) is 0.694. The zero-order valence-corrected chi connectivity index (χ0v) is 33.5. The van der Waals surface area contributed by atoms with E-state index in [1.165, 1.54) is 4.90 Å². The summed E-state index contributed by atoms with van der Waals surface area (Å²) in [5.74, 6) is -12.8. The van der Waals surface area contributed by atoms with Crippen molar-refractivity contribution in [2.45, 2.75) is 135 Å². The second-order valence-electron chi connectivity index (χ2n) is 14.6.